The van der Waals surface area contributed by atoms with Gasteiger partial charge in [0.15, 0.2) is 11.7 Å². The van der Waals surface area contributed by atoms with E-state index >= 15 is 0 Å². The highest BCUT2D eigenvalue weighted by molar-refractivity contribution is 7.23. The second kappa shape index (κ2) is 15.7. The number of aromatic hydroxyl groups is 1. The Morgan fingerprint density at radius 3 is 2.66 bits per heavy atom. The van der Waals surface area contributed by atoms with Gasteiger partial charge in [0.25, 0.3) is 0 Å². The highest BCUT2D eigenvalue weighted by Crippen LogP contribution is 2.58. The molecule has 8 nitrogen and oxygen atoms in total. The Kier molecular flexibility index (Phi) is 11.7. The number of aliphatic hydroxyl groups is 2. The number of Topliss-reactive ketones (excluding diaryl/α,β-unsaturated/α-hetero) is 1. The molecule has 6 atom stereocenters. The van der Waals surface area contributed by atoms with E-state index in [2.05, 4.69) is 39.6 Å². The number of benzene rings is 1. The lowest BCUT2D eigenvalue weighted by molar-refractivity contribution is 0.0383. The molecule has 2 saturated carbocycles. The average molecular weight is 677 g/mol. The van der Waals surface area contributed by atoms with Crippen LogP contribution in [0.5, 0.6) is 5.75 Å². The molecule has 2 heterocycles. The van der Waals surface area contributed by atoms with Gasteiger partial charge in [0.05, 0.1) is 15.9 Å². The molecule has 0 amide bonds. The first-order valence-electron chi connectivity index (χ1n) is 16.6. The van der Waals surface area contributed by atoms with Gasteiger partial charge in [-0.25, -0.2) is 0 Å². The number of hydrogen-bond acceptors (Lipinski definition) is 8. The molecule has 47 heavy (non-hydrogen) atoms. The normalized spacial score (nSPS) is 24.0. The van der Waals surface area contributed by atoms with Crippen LogP contribution in [0.2, 0.25) is 0 Å². The fraction of sp³-hybridized carbons (Fsp3) is 0.514. The third-order valence-corrected chi connectivity index (χ3v) is 12.3. The van der Waals surface area contributed by atoms with Gasteiger partial charge in [0.2, 0.25) is 0 Å². The average Bonchev–Trinajstić information content (AvgIpc) is 3.80. The molecule has 0 bridgehead atoms. The molecule has 1 spiro atoms. The van der Waals surface area contributed by atoms with E-state index < -0.39 is 6.10 Å². The first-order chi connectivity index (χ1) is 22.6. The van der Waals surface area contributed by atoms with Crippen LogP contribution in [0.3, 0.4) is 0 Å². The summed E-state index contributed by atoms with van der Waals surface area (Å²) in [4.78, 5) is 22.7. The Bertz CT molecular complexity index is 1620. The SMILES string of the molecule is CC#Cc1ccc(-c2ccc(C(=O)C3CCC(C(Cc4cc(O)cc(NCC(C)O)c4)NC(N)=NC)CC34CCC(CCO)C4)s2)s1. The van der Waals surface area contributed by atoms with Crippen molar-refractivity contribution in [3.05, 3.63) is 57.8 Å². The molecule has 0 radical (unpaired) electrons. The third-order valence-electron chi connectivity index (χ3n) is 9.96. The molecule has 2 aliphatic carbocycles. The summed E-state index contributed by atoms with van der Waals surface area (Å²) >= 11 is 3.24. The van der Waals surface area contributed by atoms with Crippen molar-refractivity contribution in [2.75, 3.05) is 25.5 Å². The van der Waals surface area contributed by atoms with Crippen LogP contribution < -0.4 is 16.4 Å². The van der Waals surface area contributed by atoms with Gasteiger partial charge < -0.3 is 31.7 Å². The minimum atomic E-state index is -0.518. The van der Waals surface area contributed by atoms with E-state index in [1.807, 2.05) is 25.1 Å². The summed E-state index contributed by atoms with van der Waals surface area (Å²) in [7, 11) is 1.67. The Morgan fingerprint density at radius 1 is 1.13 bits per heavy atom. The van der Waals surface area contributed by atoms with Crippen molar-refractivity contribution in [3.63, 3.8) is 0 Å². The first-order valence-corrected chi connectivity index (χ1v) is 18.3. The van der Waals surface area contributed by atoms with Gasteiger partial charge >= 0.3 is 0 Å². The second-order valence-corrected chi connectivity index (χ2v) is 15.5. The van der Waals surface area contributed by atoms with Crippen molar-refractivity contribution in [1.82, 2.24) is 5.32 Å². The molecule has 252 valence electrons. The minimum absolute atomic E-state index is 0.0532. The predicted octanol–water partition coefficient (Wildman–Crippen LogP) is 6.26. The summed E-state index contributed by atoms with van der Waals surface area (Å²) in [5.41, 5.74) is 7.80. The number of rotatable bonds is 12. The fourth-order valence-corrected chi connectivity index (χ4v) is 9.85. The summed E-state index contributed by atoms with van der Waals surface area (Å²) < 4.78 is 0. The zero-order chi connectivity index (χ0) is 33.6. The Balaban J connectivity index is 1.40. The Labute approximate surface area is 286 Å². The highest BCUT2D eigenvalue weighted by atomic mass is 32.1. The van der Waals surface area contributed by atoms with E-state index in [0.717, 1.165) is 75.7 Å². The van der Waals surface area contributed by atoms with Crippen molar-refractivity contribution in [2.45, 2.75) is 77.4 Å². The fourth-order valence-electron chi connectivity index (χ4n) is 7.85. The van der Waals surface area contributed by atoms with Crippen LogP contribution in [-0.4, -0.2) is 59.4 Å². The second-order valence-electron chi connectivity index (χ2n) is 13.3. The number of phenols is 1. The van der Waals surface area contributed by atoms with Gasteiger partial charge in [-0.3, -0.25) is 9.79 Å². The summed E-state index contributed by atoms with van der Waals surface area (Å²) in [5.74, 6) is 7.42. The van der Waals surface area contributed by atoms with Crippen LogP contribution in [0.25, 0.3) is 9.75 Å². The molecule has 2 fully saturated rings. The van der Waals surface area contributed by atoms with Gasteiger partial charge in [-0.05, 0) is 124 Å². The van der Waals surface area contributed by atoms with E-state index in [0.29, 0.717) is 24.8 Å². The predicted molar refractivity (Wildman–Crippen MR) is 193 cm³/mol. The number of hydrogen-bond donors (Lipinski definition) is 6. The number of anilines is 1. The van der Waals surface area contributed by atoms with Crippen LogP contribution >= 0.6 is 22.7 Å². The maximum absolute atomic E-state index is 14.4. The molecule has 0 saturated heterocycles. The molecular weight excluding hydrogens is 629 g/mol. The minimum Gasteiger partial charge on any atom is -0.508 e. The molecule has 2 aromatic heterocycles. The van der Waals surface area contributed by atoms with Crippen LogP contribution in [0.15, 0.2) is 47.5 Å². The summed E-state index contributed by atoms with van der Waals surface area (Å²) in [6.07, 6.45) is 6.33. The number of nitrogens with two attached hydrogens (primary N) is 1. The van der Waals surface area contributed by atoms with Crippen molar-refractivity contribution >= 4 is 40.1 Å². The van der Waals surface area contributed by atoms with Gasteiger partial charge in [0, 0.05) is 53.7 Å². The van der Waals surface area contributed by atoms with E-state index in [9.17, 15) is 20.1 Å². The van der Waals surface area contributed by atoms with Crippen LogP contribution in [0.1, 0.15) is 78.9 Å². The summed E-state index contributed by atoms with van der Waals surface area (Å²) in [6, 6.07) is 13.6. The zero-order valence-electron chi connectivity index (χ0n) is 27.6. The molecule has 10 heteroatoms. The molecule has 0 aliphatic heterocycles. The van der Waals surface area contributed by atoms with Gasteiger partial charge in [-0.15, -0.1) is 28.6 Å². The summed E-state index contributed by atoms with van der Waals surface area (Å²) in [6.45, 7) is 4.10. The number of carbonyl (C=O) groups excluding carboxylic acids is 1. The number of ketones is 1. The van der Waals surface area contributed by atoms with Crippen molar-refractivity contribution in [3.8, 4) is 27.3 Å². The molecule has 6 unspecified atom stereocenters. The number of carbonyl (C=O) groups is 1. The summed E-state index contributed by atoms with van der Waals surface area (Å²) in [5, 5.41) is 36.8. The van der Waals surface area contributed by atoms with Crippen LogP contribution in [-0.2, 0) is 6.42 Å². The number of phenolic OH excluding ortho intramolecular Hbond substituents is 1. The third kappa shape index (κ3) is 8.57. The molecule has 1 aromatic carbocycles. The van der Waals surface area contributed by atoms with Crippen molar-refractivity contribution in [1.29, 1.82) is 0 Å². The van der Waals surface area contributed by atoms with Gasteiger partial charge in [-0.2, -0.15) is 0 Å². The lowest BCUT2D eigenvalue weighted by Gasteiger charge is -2.46. The van der Waals surface area contributed by atoms with Crippen molar-refractivity contribution < 1.29 is 20.1 Å². The number of aliphatic hydroxyl groups excluding tert-OH is 2. The lowest BCUT2D eigenvalue weighted by Crippen LogP contribution is -2.50. The standard InChI is InChI=1S/C37H48N4O4S2/c1-4-5-29-7-9-32(46-29)33-10-11-34(47-33)35(45)30-8-6-26(21-37(30)14-12-24(20-37)13-15-42)31(41-36(38)39-3)18-25-16-27(19-28(44)17-25)40-22-23(2)43/h7,9-11,16-17,19,23-24,26,30-31,40,42-44H,6,8,12-15,18,20-22H2,1-3H3,(H3,38,39,41). The largest absolute Gasteiger partial charge is 0.508 e. The smallest absolute Gasteiger partial charge is 0.188 e. The topological polar surface area (TPSA) is 140 Å². The number of nitrogens with zero attached hydrogens (tertiary/aromatic N) is 1. The Morgan fingerprint density at radius 2 is 1.91 bits per heavy atom. The van der Waals surface area contributed by atoms with E-state index in [1.54, 1.807) is 48.8 Å². The highest BCUT2D eigenvalue weighted by Gasteiger charge is 2.52. The van der Waals surface area contributed by atoms with Gasteiger partial charge in [-0.1, -0.05) is 5.92 Å². The molecule has 3 aromatic rings. The van der Waals surface area contributed by atoms with E-state index in [1.165, 1.54) is 0 Å². The number of guanidine groups is 1. The monoisotopic (exact) mass is 676 g/mol. The van der Waals surface area contributed by atoms with E-state index in [-0.39, 0.29) is 41.4 Å². The molecule has 7 N–H and O–H groups in total. The van der Waals surface area contributed by atoms with Crippen LogP contribution in [0, 0.1) is 35.0 Å². The maximum atomic E-state index is 14.4. The molecule has 2 aliphatic rings. The van der Waals surface area contributed by atoms with E-state index in [4.69, 9.17) is 5.73 Å². The lowest BCUT2D eigenvalue weighted by atomic mass is 9.58. The number of nitrogens with one attached hydrogen (secondary N) is 2. The quantitative estimate of drug-likeness (QED) is 0.0576. The Hall–Kier alpha value is -3.36. The van der Waals surface area contributed by atoms with Gasteiger partial charge in [0.1, 0.15) is 5.75 Å². The number of aliphatic imine (C=N–C) groups is 1. The molecular formula is C37H48N4O4S2. The van der Waals surface area contributed by atoms with Crippen molar-refractivity contribution in [2.24, 2.45) is 33.9 Å². The number of thiophene rings is 2. The zero-order valence-corrected chi connectivity index (χ0v) is 29.2. The first kappa shape index (κ1) is 35.0. The van der Waals surface area contributed by atoms with Crippen LogP contribution in [0.4, 0.5) is 5.69 Å². The maximum Gasteiger partial charge on any atom is 0.188 e. The molecule has 5 rings (SSSR count).